The fourth-order valence-electron chi connectivity index (χ4n) is 5.08. The summed E-state index contributed by atoms with van der Waals surface area (Å²) in [7, 11) is 0. The number of benzene rings is 2. The van der Waals surface area contributed by atoms with Gasteiger partial charge in [-0.2, -0.15) is 31.6 Å². The number of fused-ring (bicyclic) bond motifs is 1. The lowest BCUT2D eigenvalue weighted by Gasteiger charge is -2.35. The molecule has 2 aliphatic rings. The van der Waals surface area contributed by atoms with Crippen molar-refractivity contribution in [3.05, 3.63) is 47.0 Å². The minimum absolute atomic E-state index is 0.0475. The highest BCUT2D eigenvalue weighted by atomic mass is 19.4. The van der Waals surface area contributed by atoms with Gasteiger partial charge < -0.3 is 20.5 Å². The standard InChI is InChI=1S/C27H26F6N6O/c1-15-4-5-16(13-35-23(40)25(6-7-25)27(31,32)33)9-19(15)36-24-37-20-10-17(12-34)22(11-21(20)38-24)39-8-2-3-18(14-39)26(28,29)30/h4-5,9-11,18H,2-3,6-8,13-14H2,1H3,(H,35,40)(H2,36,37,38). The van der Waals surface area contributed by atoms with Crippen molar-refractivity contribution in [2.75, 3.05) is 23.3 Å². The number of aromatic nitrogens is 2. The van der Waals surface area contributed by atoms with Crippen LogP contribution >= 0.6 is 0 Å². The zero-order valence-electron chi connectivity index (χ0n) is 21.4. The summed E-state index contributed by atoms with van der Waals surface area (Å²) < 4.78 is 79.7. The van der Waals surface area contributed by atoms with E-state index >= 15 is 0 Å². The lowest BCUT2D eigenvalue weighted by atomic mass is 9.96. The second-order valence-corrected chi connectivity index (χ2v) is 10.4. The lowest BCUT2D eigenvalue weighted by molar-refractivity contribution is -0.192. The van der Waals surface area contributed by atoms with Gasteiger partial charge in [0.1, 0.15) is 11.5 Å². The number of nitrogens with zero attached hydrogens (tertiary/aromatic N) is 3. The second kappa shape index (κ2) is 9.91. The zero-order valence-corrected chi connectivity index (χ0v) is 21.4. The van der Waals surface area contributed by atoms with E-state index < -0.39 is 29.6 Å². The number of nitriles is 1. The van der Waals surface area contributed by atoms with Gasteiger partial charge in [0, 0.05) is 25.3 Å². The van der Waals surface area contributed by atoms with E-state index in [1.165, 1.54) is 0 Å². The van der Waals surface area contributed by atoms with Gasteiger partial charge in [-0.05, 0) is 61.9 Å². The molecule has 1 saturated carbocycles. The molecule has 3 aromatic rings. The molecule has 212 valence electrons. The van der Waals surface area contributed by atoms with Crippen molar-refractivity contribution >= 4 is 34.3 Å². The van der Waals surface area contributed by atoms with E-state index in [4.69, 9.17) is 0 Å². The largest absolute Gasteiger partial charge is 0.403 e. The summed E-state index contributed by atoms with van der Waals surface area (Å²) in [5, 5.41) is 15.2. The quantitative estimate of drug-likeness (QED) is 0.309. The summed E-state index contributed by atoms with van der Waals surface area (Å²) in [5.41, 5.74) is 1.25. The normalized spacial score (nSPS) is 18.9. The number of hydrogen-bond acceptors (Lipinski definition) is 5. The number of alkyl halides is 6. The Morgan fingerprint density at radius 1 is 1.20 bits per heavy atom. The third-order valence-electron chi connectivity index (χ3n) is 7.68. The molecule has 5 rings (SSSR count). The first-order valence-electron chi connectivity index (χ1n) is 12.8. The van der Waals surface area contributed by atoms with Crippen LogP contribution in [0.5, 0.6) is 0 Å². The predicted octanol–water partition coefficient (Wildman–Crippen LogP) is 6.22. The Labute approximate surface area is 225 Å². The van der Waals surface area contributed by atoms with Crippen molar-refractivity contribution in [1.82, 2.24) is 15.3 Å². The first kappa shape index (κ1) is 27.6. The van der Waals surface area contributed by atoms with Gasteiger partial charge in [0.25, 0.3) is 0 Å². The number of aromatic amines is 1. The van der Waals surface area contributed by atoms with Crippen LogP contribution in [0.3, 0.4) is 0 Å². The maximum Gasteiger partial charge on any atom is 0.403 e. The monoisotopic (exact) mass is 564 g/mol. The van der Waals surface area contributed by atoms with Gasteiger partial charge in [0.2, 0.25) is 11.9 Å². The average molecular weight is 565 g/mol. The SMILES string of the molecule is Cc1ccc(CNC(=O)C2(C(F)(F)F)CC2)cc1Nc1nc2cc(N3CCCC(C(F)(F)F)C3)c(C#N)cc2[nH]1. The number of amides is 1. The number of carbonyl (C=O) groups excluding carboxylic acids is 1. The Morgan fingerprint density at radius 2 is 1.95 bits per heavy atom. The zero-order chi connectivity index (χ0) is 28.9. The van der Waals surface area contributed by atoms with E-state index in [0.717, 1.165) is 5.56 Å². The Balaban J connectivity index is 1.34. The van der Waals surface area contributed by atoms with Gasteiger partial charge in [0.05, 0.1) is 28.2 Å². The second-order valence-electron chi connectivity index (χ2n) is 10.4. The topological polar surface area (TPSA) is 96.8 Å². The molecular weight excluding hydrogens is 538 g/mol. The molecule has 1 atom stereocenters. The van der Waals surface area contributed by atoms with Crippen LogP contribution in [0.1, 0.15) is 42.4 Å². The number of aryl methyl sites for hydroxylation is 1. The molecule has 13 heteroatoms. The molecule has 1 unspecified atom stereocenters. The molecule has 3 N–H and O–H groups in total. The molecule has 2 heterocycles. The van der Waals surface area contributed by atoms with Crippen LogP contribution in [0.15, 0.2) is 30.3 Å². The molecule has 1 amide bonds. The van der Waals surface area contributed by atoms with Crippen LogP contribution in [0, 0.1) is 29.6 Å². The summed E-state index contributed by atoms with van der Waals surface area (Å²) in [6.45, 7) is 1.89. The number of hydrogen-bond donors (Lipinski definition) is 3. The van der Waals surface area contributed by atoms with Crippen LogP contribution in [0.25, 0.3) is 11.0 Å². The molecule has 1 aliphatic carbocycles. The summed E-state index contributed by atoms with van der Waals surface area (Å²) in [6, 6.07) is 10.4. The van der Waals surface area contributed by atoms with E-state index in [1.54, 1.807) is 35.2 Å². The van der Waals surface area contributed by atoms with Crippen molar-refractivity contribution in [3.63, 3.8) is 0 Å². The third kappa shape index (κ3) is 5.26. The van der Waals surface area contributed by atoms with Crippen LogP contribution < -0.4 is 15.5 Å². The highest BCUT2D eigenvalue weighted by Gasteiger charge is 2.68. The Morgan fingerprint density at radius 3 is 2.60 bits per heavy atom. The molecule has 1 aromatic heterocycles. The molecule has 7 nitrogen and oxygen atoms in total. The smallest absolute Gasteiger partial charge is 0.370 e. The maximum absolute atomic E-state index is 13.3. The van der Waals surface area contributed by atoms with Crippen LogP contribution in [0.4, 0.5) is 43.7 Å². The number of nitrogens with one attached hydrogen (secondary N) is 3. The number of H-pyrrole nitrogens is 1. The fraction of sp³-hybridized carbons (Fsp3) is 0.444. The van der Waals surface area contributed by atoms with E-state index in [2.05, 4.69) is 26.7 Å². The van der Waals surface area contributed by atoms with E-state index in [0.29, 0.717) is 46.9 Å². The van der Waals surface area contributed by atoms with Crippen LogP contribution in [-0.4, -0.2) is 41.3 Å². The first-order valence-corrected chi connectivity index (χ1v) is 12.8. The van der Waals surface area contributed by atoms with Crippen molar-refractivity contribution in [1.29, 1.82) is 5.26 Å². The molecule has 0 bridgehead atoms. The lowest BCUT2D eigenvalue weighted by Crippen LogP contribution is -2.42. The third-order valence-corrected chi connectivity index (χ3v) is 7.68. The predicted molar refractivity (Wildman–Crippen MR) is 136 cm³/mol. The number of halogens is 6. The van der Waals surface area contributed by atoms with Crippen LogP contribution in [0.2, 0.25) is 0 Å². The minimum Gasteiger partial charge on any atom is -0.370 e. The molecule has 40 heavy (non-hydrogen) atoms. The Bertz CT molecular complexity index is 1480. The number of piperidine rings is 1. The van der Waals surface area contributed by atoms with Gasteiger partial charge in [-0.3, -0.25) is 4.79 Å². The highest BCUT2D eigenvalue weighted by molar-refractivity contribution is 5.87. The van der Waals surface area contributed by atoms with Crippen molar-refractivity contribution in [2.45, 2.75) is 51.5 Å². The minimum atomic E-state index is -4.59. The molecule has 2 fully saturated rings. The summed E-state index contributed by atoms with van der Waals surface area (Å²) >= 11 is 0. The van der Waals surface area contributed by atoms with Crippen molar-refractivity contribution in [2.24, 2.45) is 11.3 Å². The van der Waals surface area contributed by atoms with Crippen molar-refractivity contribution < 1.29 is 31.1 Å². The molecule has 0 spiro atoms. The van der Waals surface area contributed by atoms with Gasteiger partial charge in [0.15, 0.2) is 0 Å². The number of carbonyl (C=O) groups is 1. The molecule has 0 radical (unpaired) electrons. The molecule has 2 aromatic carbocycles. The van der Waals surface area contributed by atoms with E-state index in [9.17, 15) is 36.4 Å². The summed E-state index contributed by atoms with van der Waals surface area (Å²) in [6.07, 6.45) is -8.93. The first-order chi connectivity index (χ1) is 18.8. The molecule has 1 aliphatic heterocycles. The molecule has 1 saturated heterocycles. The summed E-state index contributed by atoms with van der Waals surface area (Å²) in [4.78, 5) is 21.3. The average Bonchev–Trinajstić information content (AvgIpc) is 3.64. The fourth-order valence-corrected chi connectivity index (χ4v) is 5.08. The number of anilines is 3. The number of rotatable bonds is 6. The van der Waals surface area contributed by atoms with Gasteiger partial charge in [-0.15, -0.1) is 0 Å². The number of imidazole rings is 1. The highest BCUT2D eigenvalue weighted by Crippen LogP contribution is 2.57. The Kier molecular flexibility index (Phi) is 6.84. The van der Waals surface area contributed by atoms with Gasteiger partial charge >= 0.3 is 12.4 Å². The Hall–Kier alpha value is -3.95. The van der Waals surface area contributed by atoms with E-state index in [1.807, 2.05) is 6.92 Å². The van der Waals surface area contributed by atoms with Crippen LogP contribution in [-0.2, 0) is 11.3 Å². The van der Waals surface area contributed by atoms with Crippen molar-refractivity contribution in [3.8, 4) is 6.07 Å². The van der Waals surface area contributed by atoms with E-state index in [-0.39, 0.29) is 37.9 Å². The summed E-state index contributed by atoms with van der Waals surface area (Å²) in [5.74, 6) is -2.20. The molecular formula is C27H26F6N6O. The maximum atomic E-state index is 13.3. The van der Waals surface area contributed by atoms with Gasteiger partial charge in [-0.25, -0.2) is 4.98 Å². The van der Waals surface area contributed by atoms with Gasteiger partial charge in [-0.1, -0.05) is 12.1 Å².